The third-order valence-corrected chi connectivity index (χ3v) is 1.88. The Hall–Kier alpha value is -1.88. The Morgan fingerprint density at radius 2 is 2.07 bits per heavy atom. The first-order chi connectivity index (χ1) is 6.79. The maximum Gasteiger partial charge on any atom is 0.239 e. The quantitative estimate of drug-likeness (QED) is 0.648. The second-order valence-corrected chi connectivity index (χ2v) is 2.84. The lowest BCUT2D eigenvalue weighted by Crippen LogP contribution is -2.31. The van der Waals surface area contributed by atoms with Crippen LogP contribution in [0.5, 0.6) is 5.95 Å². The molecule has 1 aromatic carbocycles. The van der Waals surface area contributed by atoms with Gasteiger partial charge < -0.3 is 15.4 Å². The van der Waals surface area contributed by atoms with Crippen molar-refractivity contribution in [3.8, 4) is 11.6 Å². The van der Waals surface area contributed by atoms with Crippen LogP contribution < -0.4 is 15.5 Å². The van der Waals surface area contributed by atoms with Crippen molar-refractivity contribution in [1.29, 1.82) is 0 Å². The number of benzene rings is 1. The van der Waals surface area contributed by atoms with Crippen LogP contribution in [0.15, 0.2) is 35.0 Å². The van der Waals surface area contributed by atoms with E-state index >= 15 is 0 Å². The van der Waals surface area contributed by atoms with Crippen molar-refractivity contribution >= 4 is 0 Å². The SMILES string of the molecule is NCc1ccc(-[n+]2cc([O-])on2)cc1. The molecule has 0 amide bonds. The van der Waals surface area contributed by atoms with Gasteiger partial charge in [0.1, 0.15) is 5.95 Å². The minimum Gasteiger partial charge on any atom is -0.539 e. The van der Waals surface area contributed by atoms with E-state index in [1.807, 2.05) is 24.3 Å². The third-order valence-electron chi connectivity index (χ3n) is 1.88. The number of hydrogen-bond donors (Lipinski definition) is 1. The maximum absolute atomic E-state index is 10.7. The van der Waals surface area contributed by atoms with Gasteiger partial charge in [0, 0.05) is 18.7 Å². The highest BCUT2D eigenvalue weighted by Crippen LogP contribution is 2.04. The lowest BCUT2D eigenvalue weighted by atomic mass is 10.2. The molecule has 14 heavy (non-hydrogen) atoms. The fourth-order valence-electron chi connectivity index (χ4n) is 1.14. The third kappa shape index (κ3) is 1.57. The van der Waals surface area contributed by atoms with Crippen molar-refractivity contribution in [2.24, 2.45) is 5.73 Å². The fourth-order valence-corrected chi connectivity index (χ4v) is 1.14. The molecule has 0 aliphatic rings. The number of hydrogen-bond acceptors (Lipinski definition) is 4. The van der Waals surface area contributed by atoms with Crippen LogP contribution in [0.3, 0.4) is 0 Å². The van der Waals surface area contributed by atoms with Crippen molar-refractivity contribution < 1.29 is 14.3 Å². The average molecular weight is 191 g/mol. The highest BCUT2D eigenvalue weighted by atomic mass is 16.6. The summed E-state index contributed by atoms with van der Waals surface area (Å²) in [6.07, 6.45) is 1.28. The van der Waals surface area contributed by atoms with Gasteiger partial charge in [0.05, 0.1) is 5.27 Å². The van der Waals surface area contributed by atoms with E-state index in [1.54, 1.807) is 0 Å². The summed E-state index contributed by atoms with van der Waals surface area (Å²) in [6.45, 7) is 0.497. The predicted octanol–water partition coefficient (Wildman–Crippen LogP) is -0.516. The Balaban J connectivity index is 2.33. The average Bonchev–Trinajstić information content (AvgIpc) is 2.65. The van der Waals surface area contributed by atoms with E-state index < -0.39 is 5.95 Å². The van der Waals surface area contributed by atoms with Crippen LogP contribution >= 0.6 is 0 Å². The largest absolute Gasteiger partial charge is 0.539 e. The first kappa shape index (κ1) is 8.71. The number of nitrogens with two attached hydrogens (primary N) is 1. The molecular formula is C9H9N3O2. The molecule has 0 spiro atoms. The molecule has 0 bridgehead atoms. The topological polar surface area (TPSA) is 79.0 Å². The molecule has 1 aromatic heterocycles. The second kappa shape index (κ2) is 3.47. The van der Waals surface area contributed by atoms with E-state index in [4.69, 9.17) is 5.73 Å². The van der Waals surface area contributed by atoms with Crippen molar-refractivity contribution in [3.63, 3.8) is 0 Å². The van der Waals surface area contributed by atoms with Gasteiger partial charge in [-0.1, -0.05) is 12.1 Å². The van der Waals surface area contributed by atoms with Crippen LogP contribution in [0.1, 0.15) is 5.56 Å². The van der Waals surface area contributed by atoms with Crippen molar-refractivity contribution in [3.05, 3.63) is 36.0 Å². The molecule has 72 valence electrons. The summed E-state index contributed by atoms with van der Waals surface area (Å²) in [7, 11) is 0. The summed E-state index contributed by atoms with van der Waals surface area (Å²) in [5.41, 5.74) is 7.25. The van der Waals surface area contributed by atoms with Gasteiger partial charge in [-0.3, -0.25) is 0 Å². The van der Waals surface area contributed by atoms with E-state index in [2.05, 4.69) is 9.79 Å². The van der Waals surface area contributed by atoms with Gasteiger partial charge in [-0.05, 0) is 10.2 Å². The lowest BCUT2D eigenvalue weighted by molar-refractivity contribution is -0.670. The molecule has 0 fully saturated rings. The molecule has 0 radical (unpaired) electrons. The normalized spacial score (nSPS) is 10.4. The predicted molar refractivity (Wildman–Crippen MR) is 45.4 cm³/mol. The molecule has 5 nitrogen and oxygen atoms in total. The summed E-state index contributed by atoms with van der Waals surface area (Å²) >= 11 is 0. The zero-order chi connectivity index (χ0) is 9.97. The highest BCUT2D eigenvalue weighted by Gasteiger charge is 2.07. The summed E-state index contributed by atoms with van der Waals surface area (Å²) in [6, 6.07) is 7.40. The van der Waals surface area contributed by atoms with E-state index in [9.17, 15) is 5.11 Å². The molecule has 0 saturated heterocycles. The molecule has 5 heteroatoms. The van der Waals surface area contributed by atoms with Crippen molar-refractivity contribution in [1.82, 2.24) is 5.27 Å². The summed E-state index contributed by atoms with van der Waals surface area (Å²) < 4.78 is 5.79. The van der Waals surface area contributed by atoms with Crippen LogP contribution in [0.2, 0.25) is 0 Å². The smallest absolute Gasteiger partial charge is 0.239 e. The molecule has 0 unspecified atom stereocenters. The first-order valence-electron chi connectivity index (χ1n) is 4.14. The molecule has 0 aliphatic heterocycles. The van der Waals surface area contributed by atoms with Gasteiger partial charge in [-0.15, -0.1) is 0 Å². The highest BCUT2D eigenvalue weighted by molar-refractivity contribution is 5.26. The molecule has 2 rings (SSSR count). The van der Waals surface area contributed by atoms with Crippen LogP contribution in [0.4, 0.5) is 0 Å². The maximum atomic E-state index is 10.7. The number of rotatable bonds is 2. The lowest BCUT2D eigenvalue weighted by Gasteiger charge is -1.93. The van der Waals surface area contributed by atoms with E-state index in [-0.39, 0.29) is 0 Å². The molecule has 2 N–H and O–H groups in total. The summed E-state index contributed by atoms with van der Waals surface area (Å²) in [4.78, 5) is 0. The standard InChI is InChI=1S/C9H9N3O2/c10-5-7-1-3-8(4-2-7)12-6-9(13)14-11-12/h1-4,6H,5,10H2. The zero-order valence-electron chi connectivity index (χ0n) is 7.38. The first-order valence-corrected chi connectivity index (χ1v) is 4.14. The van der Waals surface area contributed by atoms with Crippen LogP contribution in [-0.4, -0.2) is 5.27 Å². The van der Waals surface area contributed by atoms with E-state index in [1.165, 1.54) is 10.9 Å². The van der Waals surface area contributed by atoms with Gasteiger partial charge >= 0.3 is 0 Å². The Morgan fingerprint density at radius 3 is 2.57 bits per heavy atom. The second-order valence-electron chi connectivity index (χ2n) is 2.84. The van der Waals surface area contributed by atoms with E-state index in [0.717, 1.165) is 11.3 Å². The summed E-state index contributed by atoms with van der Waals surface area (Å²) in [5, 5.41) is 14.3. The van der Waals surface area contributed by atoms with Crippen LogP contribution in [-0.2, 0) is 6.54 Å². The molecular weight excluding hydrogens is 182 g/mol. The minimum atomic E-state index is -0.465. The Bertz CT molecular complexity index is 422. The minimum absolute atomic E-state index is 0.465. The monoisotopic (exact) mass is 191 g/mol. The van der Waals surface area contributed by atoms with Crippen molar-refractivity contribution in [2.75, 3.05) is 0 Å². The van der Waals surface area contributed by atoms with Gasteiger partial charge in [-0.2, -0.15) is 0 Å². The van der Waals surface area contributed by atoms with Crippen molar-refractivity contribution in [2.45, 2.75) is 6.54 Å². The molecule has 0 saturated carbocycles. The molecule has 1 heterocycles. The zero-order valence-corrected chi connectivity index (χ0v) is 7.38. The number of aromatic nitrogens is 2. The van der Waals surface area contributed by atoms with E-state index in [0.29, 0.717) is 6.54 Å². The molecule has 2 aromatic rings. The Morgan fingerprint density at radius 1 is 1.36 bits per heavy atom. The van der Waals surface area contributed by atoms with Gasteiger partial charge in [0.15, 0.2) is 0 Å². The Labute approximate surface area is 80.4 Å². The Kier molecular flexibility index (Phi) is 2.16. The van der Waals surface area contributed by atoms with Crippen LogP contribution in [0, 0.1) is 0 Å². The van der Waals surface area contributed by atoms with Gasteiger partial charge in [0.2, 0.25) is 11.9 Å². The number of nitrogens with zero attached hydrogens (tertiary/aromatic N) is 2. The van der Waals surface area contributed by atoms with Crippen LogP contribution in [0.25, 0.3) is 5.69 Å². The molecule has 0 aliphatic carbocycles. The summed E-state index contributed by atoms with van der Waals surface area (Å²) in [5.74, 6) is -0.465. The van der Waals surface area contributed by atoms with Gasteiger partial charge in [-0.25, -0.2) is 0 Å². The molecule has 0 atom stereocenters. The van der Waals surface area contributed by atoms with Gasteiger partial charge in [0.25, 0.3) is 0 Å². The fraction of sp³-hybridized carbons (Fsp3) is 0.111.